The molecule has 0 bridgehead atoms. The van der Waals surface area contributed by atoms with Crippen LogP contribution in [0.15, 0.2) is 18.2 Å². The van der Waals surface area contributed by atoms with E-state index in [-0.39, 0.29) is 17.6 Å². The van der Waals surface area contributed by atoms with Crippen molar-refractivity contribution < 1.29 is 9.18 Å². The fourth-order valence-electron chi connectivity index (χ4n) is 2.72. The van der Waals surface area contributed by atoms with E-state index in [9.17, 15) is 9.18 Å². The Morgan fingerprint density at radius 2 is 2.20 bits per heavy atom. The lowest BCUT2D eigenvalue weighted by Crippen LogP contribution is -2.45. The zero-order valence-electron chi connectivity index (χ0n) is 12.4. The van der Waals surface area contributed by atoms with Gasteiger partial charge in [0, 0.05) is 5.41 Å². The number of anilines is 1. The largest absolute Gasteiger partial charge is 0.323 e. The van der Waals surface area contributed by atoms with E-state index in [0.29, 0.717) is 5.69 Å². The number of hydrogen-bond acceptors (Lipinski definition) is 2. The van der Waals surface area contributed by atoms with Gasteiger partial charge in [-0.25, -0.2) is 4.39 Å². The van der Waals surface area contributed by atoms with E-state index in [0.717, 1.165) is 31.5 Å². The number of amides is 1. The summed E-state index contributed by atoms with van der Waals surface area (Å²) in [5.74, 6) is -0.210. The summed E-state index contributed by atoms with van der Waals surface area (Å²) >= 11 is 0. The van der Waals surface area contributed by atoms with Crippen molar-refractivity contribution in [3.05, 3.63) is 29.6 Å². The fourth-order valence-corrected chi connectivity index (χ4v) is 2.72. The monoisotopic (exact) mass is 278 g/mol. The van der Waals surface area contributed by atoms with Crippen LogP contribution in [-0.4, -0.2) is 19.0 Å². The van der Waals surface area contributed by atoms with Crippen molar-refractivity contribution in [2.75, 3.05) is 18.4 Å². The molecule has 1 aliphatic heterocycles. The van der Waals surface area contributed by atoms with Gasteiger partial charge in [0.25, 0.3) is 0 Å². The summed E-state index contributed by atoms with van der Waals surface area (Å²) in [7, 11) is 0. The van der Waals surface area contributed by atoms with Gasteiger partial charge >= 0.3 is 0 Å². The van der Waals surface area contributed by atoms with Gasteiger partial charge in [0.2, 0.25) is 5.91 Å². The zero-order chi connectivity index (χ0) is 14.8. The maximum absolute atomic E-state index is 13.8. The number of piperidine rings is 1. The number of halogens is 1. The van der Waals surface area contributed by atoms with Gasteiger partial charge in [-0.05, 0) is 50.4 Å². The minimum absolute atomic E-state index is 0.112. The molecule has 20 heavy (non-hydrogen) atoms. The molecule has 1 heterocycles. The topological polar surface area (TPSA) is 41.1 Å². The van der Waals surface area contributed by atoms with Crippen LogP contribution < -0.4 is 10.6 Å². The van der Waals surface area contributed by atoms with E-state index in [4.69, 9.17) is 0 Å². The zero-order valence-corrected chi connectivity index (χ0v) is 12.4. The number of hydrogen-bond donors (Lipinski definition) is 2. The van der Waals surface area contributed by atoms with E-state index in [1.807, 2.05) is 13.8 Å². The van der Waals surface area contributed by atoms with Gasteiger partial charge in [-0.1, -0.05) is 26.0 Å². The normalized spacial score (nSPS) is 19.7. The summed E-state index contributed by atoms with van der Waals surface area (Å²) in [6.07, 6.45) is 2.11. The van der Waals surface area contributed by atoms with E-state index in [2.05, 4.69) is 10.6 Å². The summed E-state index contributed by atoms with van der Waals surface area (Å²) in [6, 6.07) is 4.82. The molecule has 2 rings (SSSR count). The van der Waals surface area contributed by atoms with Crippen molar-refractivity contribution in [2.24, 2.45) is 11.3 Å². The molecule has 0 spiro atoms. The van der Waals surface area contributed by atoms with Gasteiger partial charge in [-0.15, -0.1) is 0 Å². The summed E-state index contributed by atoms with van der Waals surface area (Å²) in [4.78, 5) is 12.5. The Kier molecular flexibility index (Phi) is 4.43. The molecule has 1 fully saturated rings. The predicted molar refractivity (Wildman–Crippen MR) is 79.1 cm³/mol. The number of rotatable bonds is 3. The Bertz CT molecular complexity index is 473. The van der Waals surface area contributed by atoms with Crippen molar-refractivity contribution in [1.82, 2.24) is 5.32 Å². The van der Waals surface area contributed by atoms with Crippen LogP contribution >= 0.6 is 0 Å². The van der Waals surface area contributed by atoms with Crippen molar-refractivity contribution in [3.8, 4) is 0 Å². The Morgan fingerprint density at radius 3 is 2.80 bits per heavy atom. The van der Waals surface area contributed by atoms with E-state index >= 15 is 0 Å². The highest BCUT2D eigenvalue weighted by Crippen LogP contribution is 2.33. The van der Waals surface area contributed by atoms with Crippen LogP contribution in [0.25, 0.3) is 0 Å². The van der Waals surface area contributed by atoms with Gasteiger partial charge in [0.15, 0.2) is 0 Å². The van der Waals surface area contributed by atoms with Crippen LogP contribution in [0.5, 0.6) is 0 Å². The van der Waals surface area contributed by atoms with Crippen LogP contribution in [0.1, 0.15) is 32.3 Å². The Balaban J connectivity index is 2.14. The fraction of sp³-hybridized carbons (Fsp3) is 0.562. The van der Waals surface area contributed by atoms with Gasteiger partial charge in [-0.2, -0.15) is 0 Å². The first-order valence-corrected chi connectivity index (χ1v) is 7.20. The molecule has 2 N–H and O–H groups in total. The lowest BCUT2D eigenvalue weighted by molar-refractivity contribution is -0.127. The molecular formula is C16H23FN2O. The molecule has 3 nitrogen and oxygen atoms in total. The Morgan fingerprint density at radius 1 is 1.45 bits per heavy atom. The molecule has 1 saturated heterocycles. The highest BCUT2D eigenvalue weighted by molar-refractivity contribution is 5.95. The lowest BCUT2D eigenvalue weighted by atomic mass is 9.74. The molecule has 1 atom stereocenters. The maximum atomic E-state index is 13.8. The first-order valence-electron chi connectivity index (χ1n) is 7.20. The SMILES string of the molecule is Cc1cccc(F)c1NC(=O)C(C)(C)C1CCCNC1. The average Bonchev–Trinajstić information content (AvgIpc) is 2.43. The van der Waals surface area contributed by atoms with Crippen molar-refractivity contribution in [3.63, 3.8) is 0 Å². The number of aryl methyl sites for hydroxylation is 1. The number of benzene rings is 1. The van der Waals surface area contributed by atoms with Gasteiger partial charge in [0.05, 0.1) is 5.69 Å². The molecule has 1 unspecified atom stereocenters. The van der Waals surface area contributed by atoms with Crippen molar-refractivity contribution in [2.45, 2.75) is 33.6 Å². The van der Waals surface area contributed by atoms with Crippen LogP contribution in [0.2, 0.25) is 0 Å². The lowest BCUT2D eigenvalue weighted by Gasteiger charge is -2.36. The summed E-state index contributed by atoms with van der Waals surface area (Å²) in [5.41, 5.74) is 0.535. The van der Waals surface area contributed by atoms with Crippen molar-refractivity contribution in [1.29, 1.82) is 0 Å². The van der Waals surface area contributed by atoms with E-state index in [1.54, 1.807) is 19.1 Å². The third-order valence-electron chi connectivity index (χ3n) is 4.36. The third kappa shape index (κ3) is 3.01. The second-order valence-corrected chi connectivity index (χ2v) is 6.15. The van der Waals surface area contributed by atoms with E-state index < -0.39 is 5.41 Å². The molecule has 1 aromatic carbocycles. The van der Waals surface area contributed by atoms with Gasteiger partial charge in [0.1, 0.15) is 5.82 Å². The molecule has 0 radical (unpaired) electrons. The number of nitrogens with one attached hydrogen (secondary N) is 2. The molecule has 1 aromatic rings. The second kappa shape index (κ2) is 5.92. The molecule has 4 heteroatoms. The molecular weight excluding hydrogens is 255 g/mol. The van der Waals surface area contributed by atoms with Crippen LogP contribution in [-0.2, 0) is 4.79 Å². The van der Waals surface area contributed by atoms with Gasteiger partial charge < -0.3 is 10.6 Å². The average molecular weight is 278 g/mol. The van der Waals surface area contributed by atoms with Crippen molar-refractivity contribution >= 4 is 11.6 Å². The molecule has 1 aliphatic rings. The first kappa shape index (κ1) is 15.0. The molecule has 0 aliphatic carbocycles. The van der Waals surface area contributed by atoms with Crippen LogP contribution in [0, 0.1) is 24.1 Å². The minimum Gasteiger partial charge on any atom is -0.323 e. The highest BCUT2D eigenvalue weighted by atomic mass is 19.1. The molecule has 0 aromatic heterocycles. The quantitative estimate of drug-likeness (QED) is 0.892. The standard InChI is InChI=1S/C16H23FN2O/c1-11-6-4-8-13(17)14(11)19-15(20)16(2,3)12-7-5-9-18-10-12/h4,6,8,12,18H,5,7,9-10H2,1-3H3,(H,19,20). The molecule has 0 saturated carbocycles. The smallest absolute Gasteiger partial charge is 0.230 e. The maximum Gasteiger partial charge on any atom is 0.230 e. The molecule has 1 amide bonds. The summed E-state index contributed by atoms with van der Waals surface area (Å²) in [5, 5.41) is 6.10. The van der Waals surface area contributed by atoms with Crippen LogP contribution in [0.4, 0.5) is 10.1 Å². The third-order valence-corrected chi connectivity index (χ3v) is 4.36. The summed E-state index contributed by atoms with van der Waals surface area (Å²) in [6.45, 7) is 7.54. The molecule has 110 valence electrons. The summed E-state index contributed by atoms with van der Waals surface area (Å²) < 4.78 is 13.8. The minimum atomic E-state index is -0.512. The number of carbonyl (C=O) groups excluding carboxylic acids is 1. The predicted octanol–water partition coefficient (Wildman–Crippen LogP) is 3.10. The van der Waals surface area contributed by atoms with Gasteiger partial charge in [-0.3, -0.25) is 4.79 Å². The first-order chi connectivity index (χ1) is 9.43. The number of carbonyl (C=O) groups is 1. The second-order valence-electron chi connectivity index (χ2n) is 6.15. The highest BCUT2D eigenvalue weighted by Gasteiger charge is 2.37. The van der Waals surface area contributed by atoms with Crippen LogP contribution in [0.3, 0.4) is 0 Å². The Hall–Kier alpha value is -1.42. The van der Waals surface area contributed by atoms with E-state index in [1.165, 1.54) is 6.07 Å². The number of para-hydroxylation sites is 1. The Labute approximate surface area is 120 Å².